The van der Waals surface area contributed by atoms with Gasteiger partial charge in [-0.1, -0.05) is 43.5 Å². The van der Waals surface area contributed by atoms with E-state index in [9.17, 15) is 4.79 Å². The van der Waals surface area contributed by atoms with E-state index in [1.54, 1.807) is 12.1 Å². The van der Waals surface area contributed by atoms with Crippen LogP contribution in [-0.4, -0.2) is 11.1 Å². The molecule has 3 nitrogen and oxygen atoms in total. The summed E-state index contributed by atoms with van der Waals surface area (Å²) >= 11 is 0. The maximum atomic E-state index is 11.1. The standard InChI is InChI=1S/C22H27NO2/c1-15-12-20(22(24)25)13-16(2)21(15)23-14-17-8-10-19(11-9-17)18-6-4-3-5-7-18/h8-13,18,23H,3-7,14H2,1-2H3,(H,24,25). The number of aromatic carboxylic acids is 1. The fourth-order valence-electron chi connectivity index (χ4n) is 3.90. The normalized spacial score (nSPS) is 15.1. The van der Waals surface area contributed by atoms with Crippen LogP contribution < -0.4 is 5.32 Å². The van der Waals surface area contributed by atoms with Gasteiger partial charge in [-0.15, -0.1) is 0 Å². The number of anilines is 1. The van der Waals surface area contributed by atoms with Gasteiger partial charge in [-0.2, -0.15) is 0 Å². The largest absolute Gasteiger partial charge is 0.478 e. The van der Waals surface area contributed by atoms with Crippen molar-refractivity contribution in [1.82, 2.24) is 0 Å². The fourth-order valence-corrected chi connectivity index (χ4v) is 3.90. The Balaban J connectivity index is 1.66. The summed E-state index contributed by atoms with van der Waals surface area (Å²) < 4.78 is 0. The van der Waals surface area contributed by atoms with Gasteiger partial charge in [0.15, 0.2) is 0 Å². The summed E-state index contributed by atoms with van der Waals surface area (Å²) in [5, 5.41) is 12.6. The number of carboxylic acids is 1. The molecule has 1 saturated carbocycles. The SMILES string of the molecule is Cc1cc(C(=O)O)cc(C)c1NCc1ccc(C2CCCCC2)cc1. The lowest BCUT2D eigenvalue weighted by molar-refractivity contribution is 0.0696. The molecule has 3 heteroatoms. The number of hydrogen-bond donors (Lipinski definition) is 2. The molecule has 2 aromatic carbocycles. The highest BCUT2D eigenvalue weighted by Gasteiger charge is 2.15. The van der Waals surface area contributed by atoms with Crippen LogP contribution in [0.2, 0.25) is 0 Å². The Hall–Kier alpha value is -2.29. The highest BCUT2D eigenvalue weighted by atomic mass is 16.4. The third kappa shape index (κ3) is 4.22. The van der Waals surface area contributed by atoms with Crippen molar-refractivity contribution in [2.24, 2.45) is 0 Å². The smallest absolute Gasteiger partial charge is 0.335 e. The molecule has 0 spiro atoms. The molecule has 1 fully saturated rings. The summed E-state index contributed by atoms with van der Waals surface area (Å²) in [4.78, 5) is 11.1. The van der Waals surface area contributed by atoms with Gasteiger partial charge in [0, 0.05) is 12.2 Å². The van der Waals surface area contributed by atoms with Crippen molar-refractivity contribution < 1.29 is 9.90 Å². The maximum Gasteiger partial charge on any atom is 0.335 e. The minimum absolute atomic E-state index is 0.345. The van der Waals surface area contributed by atoms with Gasteiger partial charge in [-0.3, -0.25) is 0 Å². The van der Waals surface area contributed by atoms with Crippen LogP contribution in [0.25, 0.3) is 0 Å². The zero-order valence-corrected chi connectivity index (χ0v) is 15.1. The number of carboxylic acid groups (broad SMARTS) is 1. The fraction of sp³-hybridized carbons (Fsp3) is 0.409. The van der Waals surface area contributed by atoms with E-state index in [1.165, 1.54) is 43.2 Å². The molecule has 0 bridgehead atoms. The quantitative estimate of drug-likeness (QED) is 0.740. The number of carbonyl (C=O) groups is 1. The van der Waals surface area contributed by atoms with E-state index < -0.39 is 5.97 Å². The monoisotopic (exact) mass is 337 g/mol. The van der Waals surface area contributed by atoms with Crippen LogP contribution in [0.1, 0.15) is 70.6 Å². The molecule has 1 aliphatic carbocycles. The van der Waals surface area contributed by atoms with Crippen LogP contribution in [-0.2, 0) is 6.54 Å². The van der Waals surface area contributed by atoms with E-state index in [0.717, 1.165) is 29.3 Å². The predicted molar refractivity (Wildman–Crippen MR) is 102 cm³/mol. The van der Waals surface area contributed by atoms with Crippen molar-refractivity contribution in [3.63, 3.8) is 0 Å². The third-order valence-corrected chi connectivity index (χ3v) is 5.31. The summed E-state index contributed by atoms with van der Waals surface area (Å²) in [5.74, 6) is -0.139. The molecule has 1 aliphatic rings. The molecule has 3 rings (SSSR count). The number of nitrogens with one attached hydrogen (secondary N) is 1. The Bertz CT molecular complexity index is 720. The van der Waals surface area contributed by atoms with Crippen LogP contribution in [0.3, 0.4) is 0 Å². The van der Waals surface area contributed by atoms with Gasteiger partial charge in [0.1, 0.15) is 0 Å². The average molecular weight is 337 g/mol. The second kappa shape index (κ2) is 7.73. The number of benzene rings is 2. The molecule has 25 heavy (non-hydrogen) atoms. The van der Waals surface area contributed by atoms with Crippen LogP contribution in [0.15, 0.2) is 36.4 Å². The molecule has 0 amide bonds. The molecule has 132 valence electrons. The number of rotatable bonds is 5. The highest BCUT2D eigenvalue weighted by molar-refractivity contribution is 5.89. The minimum Gasteiger partial charge on any atom is -0.478 e. The predicted octanol–water partition coefficient (Wildman–Crippen LogP) is 5.66. The Labute approximate surface area is 150 Å². The van der Waals surface area contributed by atoms with E-state index in [4.69, 9.17) is 5.11 Å². The Morgan fingerprint density at radius 3 is 2.20 bits per heavy atom. The lowest BCUT2D eigenvalue weighted by Crippen LogP contribution is -2.07. The third-order valence-electron chi connectivity index (χ3n) is 5.31. The topological polar surface area (TPSA) is 49.3 Å². The minimum atomic E-state index is -0.879. The molecule has 0 radical (unpaired) electrons. The van der Waals surface area contributed by atoms with Crippen molar-refractivity contribution in [1.29, 1.82) is 0 Å². The number of hydrogen-bond acceptors (Lipinski definition) is 2. The molecule has 0 heterocycles. The van der Waals surface area contributed by atoms with Gasteiger partial charge in [-0.25, -0.2) is 4.79 Å². The van der Waals surface area contributed by atoms with Crippen molar-refractivity contribution in [2.75, 3.05) is 5.32 Å². The van der Waals surface area contributed by atoms with Gasteiger partial charge >= 0.3 is 5.97 Å². The summed E-state index contributed by atoms with van der Waals surface area (Å²) in [7, 11) is 0. The van der Waals surface area contributed by atoms with Crippen LogP contribution in [0, 0.1) is 13.8 Å². The molecule has 0 aromatic heterocycles. The summed E-state index contributed by atoms with van der Waals surface area (Å²) in [6.45, 7) is 4.65. The van der Waals surface area contributed by atoms with E-state index in [-0.39, 0.29) is 0 Å². The van der Waals surface area contributed by atoms with E-state index >= 15 is 0 Å². The Morgan fingerprint density at radius 1 is 1.04 bits per heavy atom. The first-order chi connectivity index (χ1) is 12.0. The maximum absolute atomic E-state index is 11.1. The van der Waals surface area contributed by atoms with E-state index in [1.807, 2.05) is 13.8 Å². The highest BCUT2D eigenvalue weighted by Crippen LogP contribution is 2.32. The zero-order valence-electron chi connectivity index (χ0n) is 15.1. The van der Waals surface area contributed by atoms with Gasteiger partial charge in [0.25, 0.3) is 0 Å². The van der Waals surface area contributed by atoms with Gasteiger partial charge in [0.05, 0.1) is 5.56 Å². The Morgan fingerprint density at radius 2 is 1.64 bits per heavy atom. The molecule has 0 atom stereocenters. The molecule has 0 aliphatic heterocycles. The first-order valence-electron chi connectivity index (χ1n) is 9.22. The van der Waals surface area contributed by atoms with E-state index in [0.29, 0.717) is 5.56 Å². The summed E-state index contributed by atoms with van der Waals surface area (Å²) in [5.41, 5.74) is 6.04. The van der Waals surface area contributed by atoms with Gasteiger partial charge in [-0.05, 0) is 67.0 Å². The van der Waals surface area contributed by atoms with Crippen molar-refractivity contribution in [3.8, 4) is 0 Å². The first kappa shape index (κ1) is 17.5. The van der Waals surface area contributed by atoms with Crippen LogP contribution in [0.4, 0.5) is 5.69 Å². The Kier molecular flexibility index (Phi) is 5.42. The molecular weight excluding hydrogens is 310 g/mol. The molecule has 0 unspecified atom stereocenters. The lowest BCUT2D eigenvalue weighted by atomic mass is 9.84. The molecule has 2 aromatic rings. The summed E-state index contributed by atoms with van der Waals surface area (Å²) in [6.07, 6.45) is 6.76. The van der Waals surface area contributed by atoms with Crippen molar-refractivity contribution in [2.45, 2.75) is 58.4 Å². The van der Waals surface area contributed by atoms with Gasteiger partial charge < -0.3 is 10.4 Å². The second-order valence-corrected chi connectivity index (χ2v) is 7.22. The number of aryl methyl sites for hydroxylation is 2. The summed E-state index contributed by atoms with van der Waals surface area (Å²) in [6, 6.07) is 12.4. The molecule has 2 N–H and O–H groups in total. The van der Waals surface area contributed by atoms with E-state index in [2.05, 4.69) is 29.6 Å². The molecular formula is C22H27NO2. The van der Waals surface area contributed by atoms with Crippen molar-refractivity contribution >= 4 is 11.7 Å². The van der Waals surface area contributed by atoms with Crippen LogP contribution >= 0.6 is 0 Å². The second-order valence-electron chi connectivity index (χ2n) is 7.22. The van der Waals surface area contributed by atoms with Crippen LogP contribution in [0.5, 0.6) is 0 Å². The zero-order chi connectivity index (χ0) is 17.8. The van der Waals surface area contributed by atoms with Crippen molar-refractivity contribution in [3.05, 3.63) is 64.2 Å². The first-order valence-corrected chi connectivity index (χ1v) is 9.22. The average Bonchev–Trinajstić information content (AvgIpc) is 2.62. The lowest BCUT2D eigenvalue weighted by Gasteiger charge is -2.22. The van der Waals surface area contributed by atoms with Gasteiger partial charge in [0.2, 0.25) is 0 Å². The molecule has 0 saturated heterocycles.